The van der Waals surface area contributed by atoms with Gasteiger partial charge in [0.25, 0.3) is 0 Å². The molecule has 0 aliphatic carbocycles. The molecule has 0 bridgehead atoms. The normalized spacial score (nSPS) is 10.9. The highest BCUT2D eigenvalue weighted by Crippen LogP contribution is 2.20. The third-order valence-electron chi connectivity index (χ3n) is 4.09. The molecule has 9 heteroatoms. The average Bonchev–Trinajstić information content (AvgIpc) is 3.32. The largest absolute Gasteiger partial charge is 0.354 e. The fourth-order valence-corrected chi connectivity index (χ4v) is 2.73. The molecule has 0 fully saturated rings. The maximum absolute atomic E-state index is 11.0. The van der Waals surface area contributed by atoms with Gasteiger partial charge in [-0.05, 0) is 24.6 Å². The maximum Gasteiger partial charge on any atom is 0.340 e. The minimum absolute atomic E-state index is 0.311. The smallest absolute Gasteiger partial charge is 0.340 e. The third-order valence-corrected chi connectivity index (χ3v) is 4.09. The minimum atomic E-state index is -0.311. The Morgan fingerprint density at radius 1 is 1.22 bits per heavy atom. The molecule has 0 saturated carbocycles. The van der Waals surface area contributed by atoms with Crippen molar-refractivity contribution in [2.24, 2.45) is 0 Å². The van der Waals surface area contributed by atoms with Crippen molar-refractivity contribution in [2.45, 2.75) is 13.3 Å². The van der Waals surface area contributed by atoms with Crippen molar-refractivity contribution >= 4 is 5.95 Å². The summed E-state index contributed by atoms with van der Waals surface area (Å²) < 4.78 is 1.84. The lowest BCUT2D eigenvalue weighted by Crippen LogP contribution is -2.09. The second kappa shape index (κ2) is 7.24. The number of H-pyrrole nitrogens is 2. The van der Waals surface area contributed by atoms with E-state index in [4.69, 9.17) is 0 Å². The van der Waals surface area contributed by atoms with Crippen LogP contribution >= 0.6 is 0 Å². The molecule has 0 amide bonds. The number of hydrogen-bond acceptors (Lipinski definition) is 6. The van der Waals surface area contributed by atoms with E-state index in [1.807, 2.05) is 35.1 Å². The topological polar surface area (TPSA) is 117 Å². The zero-order valence-electron chi connectivity index (χ0n) is 14.7. The number of aromatic amines is 2. The first-order chi connectivity index (χ1) is 13.2. The number of para-hydroxylation sites is 1. The van der Waals surface area contributed by atoms with E-state index in [-0.39, 0.29) is 5.69 Å². The van der Waals surface area contributed by atoms with Gasteiger partial charge in [0.05, 0.1) is 17.6 Å². The zero-order chi connectivity index (χ0) is 18.6. The summed E-state index contributed by atoms with van der Waals surface area (Å²) in [6, 6.07) is 9.91. The standard InChI is InChI=1S/C18H18N8O/c1-12-4-2-3-5-15(12)26-11-13(10-21-26)14-6-8-19-17(22-14)20-9-7-16-23-18(27)25-24-16/h2-6,8,10-11H,7,9H2,1H3,(H,19,20,22)(H2,23,24,25,27). The highest BCUT2D eigenvalue weighted by atomic mass is 16.1. The molecule has 3 aromatic heterocycles. The Hall–Kier alpha value is -3.75. The summed E-state index contributed by atoms with van der Waals surface area (Å²) in [7, 11) is 0. The van der Waals surface area contributed by atoms with Crippen LogP contribution in [0.15, 0.2) is 53.7 Å². The Morgan fingerprint density at radius 3 is 2.93 bits per heavy atom. The minimum Gasteiger partial charge on any atom is -0.354 e. The molecule has 0 saturated heterocycles. The molecule has 0 aliphatic heterocycles. The van der Waals surface area contributed by atoms with Gasteiger partial charge in [-0.25, -0.2) is 24.5 Å². The van der Waals surface area contributed by atoms with Crippen LogP contribution in [0.5, 0.6) is 0 Å². The predicted molar refractivity (Wildman–Crippen MR) is 101 cm³/mol. The molecule has 9 nitrogen and oxygen atoms in total. The number of aryl methyl sites for hydroxylation is 1. The van der Waals surface area contributed by atoms with Crippen LogP contribution in [0.3, 0.4) is 0 Å². The molecule has 0 spiro atoms. The quantitative estimate of drug-likeness (QED) is 0.481. The van der Waals surface area contributed by atoms with Gasteiger partial charge >= 0.3 is 5.69 Å². The summed E-state index contributed by atoms with van der Waals surface area (Å²) in [5.41, 5.74) is 3.55. The summed E-state index contributed by atoms with van der Waals surface area (Å²) in [4.78, 5) is 22.4. The zero-order valence-corrected chi connectivity index (χ0v) is 14.7. The molecular formula is C18H18N8O. The summed E-state index contributed by atoms with van der Waals surface area (Å²) in [6.07, 6.45) is 5.99. The Bertz CT molecular complexity index is 1110. The van der Waals surface area contributed by atoms with Crippen molar-refractivity contribution in [2.75, 3.05) is 11.9 Å². The van der Waals surface area contributed by atoms with Gasteiger partial charge in [0.1, 0.15) is 5.82 Å². The lowest BCUT2D eigenvalue weighted by molar-refractivity contribution is 0.873. The summed E-state index contributed by atoms with van der Waals surface area (Å²) in [5.74, 6) is 1.09. The SMILES string of the molecule is Cc1ccccc1-n1cc(-c2ccnc(NCCc3n[nH]c(=O)[nH]3)n2)cn1. The van der Waals surface area contributed by atoms with Gasteiger partial charge in [-0.3, -0.25) is 4.98 Å². The van der Waals surface area contributed by atoms with Crippen molar-refractivity contribution < 1.29 is 0 Å². The Labute approximate surface area is 154 Å². The van der Waals surface area contributed by atoms with Crippen LogP contribution < -0.4 is 11.0 Å². The second-order valence-electron chi connectivity index (χ2n) is 6.03. The molecule has 27 heavy (non-hydrogen) atoms. The van der Waals surface area contributed by atoms with Crippen molar-refractivity contribution in [3.63, 3.8) is 0 Å². The van der Waals surface area contributed by atoms with Crippen molar-refractivity contribution in [3.8, 4) is 16.9 Å². The number of rotatable bonds is 6. The molecule has 0 atom stereocenters. The van der Waals surface area contributed by atoms with Gasteiger partial charge in [0, 0.05) is 30.9 Å². The molecular weight excluding hydrogens is 344 g/mol. The molecule has 0 aliphatic rings. The number of nitrogens with zero attached hydrogens (tertiary/aromatic N) is 5. The monoisotopic (exact) mass is 362 g/mol. The first-order valence-electron chi connectivity index (χ1n) is 8.50. The lowest BCUT2D eigenvalue weighted by atomic mass is 10.2. The molecule has 136 valence electrons. The van der Waals surface area contributed by atoms with Gasteiger partial charge in [0.2, 0.25) is 5.95 Å². The van der Waals surface area contributed by atoms with Crippen LogP contribution in [0, 0.1) is 6.92 Å². The lowest BCUT2D eigenvalue weighted by Gasteiger charge is -2.05. The van der Waals surface area contributed by atoms with Crippen molar-refractivity contribution in [3.05, 3.63) is 70.8 Å². The van der Waals surface area contributed by atoms with Crippen molar-refractivity contribution in [1.82, 2.24) is 34.9 Å². The first kappa shape index (κ1) is 16.7. The van der Waals surface area contributed by atoms with E-state index in [2.05, 4.69) is 48.6 Å². The number of hydrogen-bond donors (Lipinski definition) is 3. The van der Waals surface area contributed by atoms with Crippen LogP contribution in [0.1, 0.15) is 11.4 Å². The third kappa shape index (κ3) is 3.76. The number of benzene rings is 1. The maximum atomic E-state index is 11.0. The second-order valence-corrected chi connectivity index (χ2v) is 6.03. The summed E-state index contributed by atoms with van der Waals surface area (Å²) in [6.45, 7) is 2.60. The first-order valence-corrected chi connectivity index (χ1v) is 8.50. The Balaban J connectivity index is 1.48. The van der Waals surface area contributed by atoms with Crippen LogP contribution in [-0.4, -0.2) is 41.5 Å². The molecule has 4 aromatic rings. The van der Waals surface area contributed by atoms with Crippen LogP contribution in [-0.2, 0) is 6.42 Å². The number of aromatic nitrogens is 7. The van der Waals surface area contributed by atoms with Gasteiger partial charge in [0.15, 0.2) is 0 Å². The number of nitrogens with one attached hydrogen (secondary N) is 3. The predicted octanol–water partition coefficient (Wildman–Crippen LogP) is 1.70. The summed E-state index contributed by atoms with van der Waals surface area (Å²) >= 11 is 0. The van der Waals surface area contributed by atoms with E-state index in [1.54, 1.807) is 12.4 Å². The molecule has 3 N–H and O–H groups in total. The van der Waals surface area contributed by atoms with Crippen LogP contribution in [0.2, 0.25) is 0 Å². The summed E-state index contributed by atoms with van der Waals surface area (Å²) in [5, 5.41) is 13.8. The fraction of sp³-hybridized carbons (Fsp3) is 0.167. The Kier molecular flexibility index (Phi) is 4.48. The van der Waals surface area contributed by atoms with Gasteiger partial charge < -0.3 is 5.32 Å². The molecule has 3 heterocycles. The van der Waals surface area contributed by atoms with E-state index in [0.29, 0.717) is 24.7 Å². The van der Waals surface area contributed by atoms with Crippen molar-refractivity contribution in [1.29, 1.82) is 0 Å². The van der Waals surface area contributed by atoms with Gasteiger partial charge in [-0.15, -0.1) is 0 Å². The van der Waals surface area contributed by atoms with E-state index in [0.717, 1.165) is 22.5 Å². The van der Waals surface area contributed by atoms with Gasteiger partial charge in [-0.1, -0.05) is 18.2 Å². The van der Waals surface area contributed by atoms with E-state index >= 15 is 0 Å². The average molecular weight is 362 g/mol. The number of anilines is 1. The molecule has 0 radical (unpaired) electrons. The van der Waals surface area contributed by atoms with Crippen LogP contribution in [0.4, 0.5) is 5.95 Å². The van der Waals surface area contributed by atoms with Gasteiger partial charge in [-0.2, -0.15) is 10.2 Å². The molecule has 1 aromatic carbocycles. The van der Waals surface area contributed by atoms with E-state index in [9.17, 15) is 4.79 Å². The molecule has 4 rings (SSSR count). The molecule has 0 unspecified atom stereocenters. The van der Waals surface area contributed by atoms with E-state index < -0.39 is 0 Å². The highest BCUT2D eigenvalue weighted by Gasteiger charge is 2.08. The van der Waals surface area contributed by atoms with Crippen LogP contribution in [0.25, 0.3) is 16.9 Å². The Morgan fingerprint density at radius 2 is 2.11 bits per heavy atom. The highest BCUT2D eigenvalue weighted by molar-refractivity contribution is 5.59. The van der Waals surface area contributed by atoms with E-state index in [1.165, 1.54) is 0 Å². The fourth-order valence-electron chi connectivity index (χ4n) is 2.73.